The fraction of sp³-hybridized carbons (Fsp3) is 0.0667. The van der Waals surface area contributed by atoms with Crippen molar-refractivity contribution in [1.82, 2.24) is 16.0 Å². The number of fused-ring (bicyclic) bond motifs is 9. The summed E-state index contributed by atoms with van der Waals surface area (Å²) in [5, 5.41) is 19.8. The van der Waals surface area contributed by atoms with E-state index in [4.69, 9.17) is 0 Å². The molecule has 3 nitrogen and oxygen atoms in total. The maximum Gasteiger partial charge on any atom is 0.0871 e. The molecule has 0 bridgehead atoms. The van der Waals surface area contributed by atoms with Crippen LogP contribution in [0.5, 0.6) is 0 Å². The zero-order chi connectivity index (χ0) is 33.5. The second-order valence-electron chi connectivity index (χ2n) is 13.3. The Morgan fingerprint density at radius 3 is 1.80 bits per heavy atom. The summed E-state index contributed by atoms with van der Waals surface area (Å²) < 4.78 is 7.96. The van der Waals surface area contributed by atoms with E-state index in [0.29, 0.717) is 0 Å². The van der Waals surface area contributed by atoms with Gasteiger partial charge in [-0.05, 0) is 52.6 Å². The van der Waals surface area contributed by atoms with Crippen LogP contribution >= 0.6 is 34.0 Å². The number of rotatable bonds is 4. The van der Waals surface area contributed by atoms with Gasteiger partial charge in [0.25, 0.3) is 0 Å². The van der Waals surface area contributed by atoms with Gasteiger partial charge in [0.1, 0.15) is 0 Å². The second kappa shape index (κ2) is 11.8. The van der Waals surface area contributed by atoms with Crippen LogP contribution in [0.25, 0.3) is 71.6 Å². The van der Waals surface area contributed by atoms with E-state index in [1.807, 2.05) is 34.0 Å². The van der Waals surface area contributed by atoms with E-state index in [2.05, 4.69) is 168 Å². The Balaban J connectivity index is 1.03. The summed E-state index contributed by atoms with van der Waals surface area (Å²) in [6.45, 7) is 0. The number of thiophene rings is 3. The zero-order valence-electron chi connectivity index (χ0n) is 27.4. The molecule has 3 atom stereocenters. The number of benzene rings is 7. The van der Waals surface area contributed by atoms with E-state index in [9.17, 15) is 0 Å². The largest absolute Gasteiger partial charge is 0.279 e. The molecular weight excluding hydrogens is 679 g/mol. The van der Waals surface area contributed by atoms with Gasteiger partial charge < -0.3 is 0 Å². The summed E-state index contributed by atoms with van der Waals surface area (Å²) in [7, 11) is 0. The minimum Gasteiger partial charge on any atom is -0.279 e. The van der Waals surface area contributed by atoms with Gasteiger partial charge in [-0.1, -0.05) is 121 Å². The predicted molar refractivity (Wildman–Crippen MR) is 221 cm³/mol. The molecule has 51 heavy (non-hydrogen) atoms. The van der Waals surface area contributed by atoms with Crippen molar-refractivity contribution >= 4 is 94.5 Å². The van der Waals surface area contributed by atoms with Gasteiger partial charge in [0.05, 0.1) is 18.5 Å². The summed E-state index contributed by atoms with van der Waals surface area (Å²) in [5.41, 5.74) is 6.35. The maximum atomic E-state index is 3.99. The van der Waals surface area contributed by atoms with Gasteiger partial charge in [0.15, 0.2) is 0 Å². The lowest BCUT2D eigenvalue weighted by Crippen LogP contribution is -2.54. The molecular formula is C45H31N3S3. The molecule has 3 N–H and O–H groups in total. The molecule has 0 aliphatic carbocycles. The molecule has 1 fully saturated rings. The van der Waals surface area contributed by atoms with Crippen LogP contribution in [0.3, 0.4) is 0 Å². The van der Waals surface area contributed by atoms with Gasteiger partial charge in [-0.25, -0.2) is 0 Å². The molecule has 0 saturated carbocycles. The summed E-state index contributed by atoms with van der Waals surface area (Å²) in [6.07, 6.45) is -0.160. The third kappa shape index (κ3) is 4.80. The lowest BCUT2D eigenvalue weighted by molar-refractivity contribution is 0.204. The summed E-state index contributed by atoms with van der Waals surface area (Å²) >= 11 is 5.66. The highest BCUT2D eigenvalue weighted by Crippen LogP contribution is 2.46. The van der Waals surface area contributed by atoms with Crippen LogP contribution in [0.15, 0.2) is 152 Å². The molecule has 244 valence electrons. The third-order valence-corrected chi connectivity index (χ3v) is 13.9. The monoisotopic (exact) mass is 709 g/mol. The summed E-state index contributed by atoms with van der Waals surface area (Å²) in [4.78, 5) is 0. The number of hydrogen-bond donors (Lipinski definition) is 3. The van der Waals surface area contributed by atoms with Gasteiger partial charge in [-0.2, -0.15) is 0 Å². The lowest BCUT2D eigenvalue weighted by atomic mass is 9.97. The van der Waals surface area contributed by atoms with Crippen LogP contribution in [-0.2, 0) is 0 Å². The quantitative estimate of drug-likeness (QED) is 0.170. The first-order chi connectivity index (χ1) is 25.3. The first-order valence-electron chi connectivity index (χ1n) is 17.4. The van der Waals surface area contributed by atoms with Crippen LogP contribution in [-0.4, -0.2) is 0 Å². The molecule has 0 radical (unpaired) electrons. The zero-order valence-corrected chi connectivity index (χ0v) is 29.8. The molecule has 1 saturated heterocycles. The summed E-state index contributed by atoms with van der Waals surface area (Å²) in [5.74, 6) is 0. The van der Waals surface area contributed by atoms with Gasteiger partial charge in [0.2, 0.25) is 0 Å². The van der Waals surface area contributed by atoms with Crippen LogP contribution in [0.1, 0.15) is 35.2 Å². The Morgan fingerprint density at radius 1 is 0.353 bits per heavy atom. The Labute approximate surface area is 306 Å². The molecule has 0 spiro atoms. The van der Waals surface area contributed by atoms with Crippen molar-refractivity contribution in [1.29, 1.82) is 0 Å². The Hall–Kier alpha value is -4.92. The fourth-order valence-corrected chi connectivity index (χ4v) is 11.7. The van der Waals surface area contributed by atoms with Crippen molar-refractivity contribution in [3.05, 3.63) is 168 Å². The standard InChI is InChI=1S/C45H31N3S3/c1-2-11-26(12-3-1)43-46-44(48-45(47-43)34-18-10-22-38-41(34)32-14-5-7-20-36(32)49-38)27-23-24-33-39(25-27)50-37-21-9-15-29(40(33)37)31-17-8-16-30-28-13-4-6-19-35(28)51-42(30)31/h1-25,43-48H. The van der Waals surface area contributed by atoms with E-state index >= 15 is 0 Å². The second-order valence-corrected chi connectivity index (χ2v) is 16.6. The van der Waals surface area contributed by atoms with Gasteiger partial charge in [-0.3, -0.25) is 16.0 Å². The highest BCUT2D eigenvalue weighted by molar-refractivity contribution is 7.27. The molecule has 3 unspecified atom stereocenters. The number of hydrogen-bond acceptors (Lipinski definition) is 6. The van der Waals surface area contributed by atoms with Crippen molar-refractivity contribution < 1.29 is 0 Å². The van der Waals surface area contributed by atoms with Crippen LogP contribution in [0, 0.1) is 0 Å². The smallest absolute Gasteiger partial charge is 0.0871 e. The van der Waals surface area contributed by atoms with Crippen molar-refractivity contribution in [3.63, 3.8) is 0 Å². The van der Waals surface area contributed by atoms with E-state index < -0.39 is 0 Å². The third-order valence-electron chi connectivity index (χ3n) is 10.4. The van der Waals surface area contributed by atoms with E-state index in [1.54, 1.807) is 0 Å². The van der Waals surface area contributed by atoms with Crippen molar-refractivity contribution in [2.24, 2.45) is 0 Å². The molecule has 0 amide bonds. The van der Waals surface area contributed by atoms with Crippen molar-refractivity contribution in [3.8, 4) is 11.1 Å². The first-order valence-corrected chi connectivity index (χ1v) is 19.8. The lowest BCUT2D eigenvalue weighted by Gasteiger charge is -2.40. The molecule has 11 rings (SSSR count). The number of nitrogens with one attached hydrogen (secondary N) is 3. The minimum absolute atomic E-state index is 0.0332. The molecule has 4 heterocycles. The van der Waals surface area contributed by atoms with Gasteiger partial charge in [-0.15, -0.1) is 34.0 Å². The normalized spacial score (nSPS) is 18.2. The topological polar surface area (TPSA) is 36.1 Å². The Bertz CT molecular complexity index is 2940. The van der Waals surface area contributed by atoms with Crippen molar-refractivity contribution in [2.45, 2.75) is 18.5 Å². The fourth-order valence-electron chi connectivity index (χ4n) is 8.10. The van der Waals surface area contributed by atoms with Crippen LogP contribution in [0.4, 0.5) is 0 Å². The van der Waals surface area contributed by atoms with Gasteiger partial charge in [0, 0.05) is 66.1 Å². The molecule has 3 aromatic heterocycles. The molecule has 1 aliphatic rings. The van der Waals surface area contributed by atoms with E-state index in [-0.39, 0.29) is 18.5 Å². The molecule has 7 aromatic carbocycles. The highest BCUT2D eigenvalue weighted by atomic mass is 32.1. The highest BCUT2D eigenvalue weighted by Gasteiger charge is 2.31. The van der Waals surface area contributed by atoms with E-state index in [0.717, 1.165) is 0 Å². The Morgan fingerprint density at radius 2 is 0.941 bits per heavy atom. The predicted octanol–water partition coefficient (Wildman–Crippen LogP) is 12.6. The minimum atomic E-state index is -0.0667. The van der Waals surface area contributed by atoms with Crippen molar-refractivity contribution in [2.75, 3.05) is 0 Å². The Kier molecular flexibility index (Phi) is 6.90. The molecule has 6 heteroatoms. The van der Waals surface area contributed by atoms with Crippen LogP contribution < -0.4 is 16.0 Å². The first kappa shape index (κ1) is 29.8. The SMILES string of the molecule is c1ccc(C2NC(c3ccc4c(c3)sc3cccc(-c5cccc6c5sc5ccccc56)c34)NC(c3cccc4sc5ccccc5c34)N2)cc1. The average Bonchev–Trinajstić information content (AvgIpc) is 3.89. The summed E-state index contributed by atoms with van der Waals surface area (Å²) in [6, 6.07) is 55.7. The molecule has 1 aliphatic heterocycles. The average molecular weight is 710 g/mol. The maximum absolute atomic E-state index is 3.99. The van der Waals surface area contributed by atoms with E-state index in [1.165, 1.54) is 88.3 Å². The molecule has 10 aromatic rings. The van der Waals surface area contributed by atoms with Gasteiger partial charge >= 0.3 is 0 Å². The van der Waals surface area contributed by atoms with Crippen LogP contribution in [0.2, 0.25) is 0 Å².